The molecule has 0 unspecified atom stereocenters. The highest BCUT2D eigenvalue weighted by molar-refractivity contribution is 5.68. The number of aromatic amines is 1. The molecule has 0 amide bonds. The molecule has 0 saturated carbocycles. The minimum Gasteiger partial charge on any atom is -0.414 e. The van der Waals surface area contributed by atoms with Crippen molar-refractivity contribution in [1.29, 1.82) is 5.41 Å². The van der Waals surface area contributed by atoms with Gasteiger partial charge in [0.2, 0.25) is 0 Å². The molecule has 0 bridgehead atoms. The van der Waals surface area contributed by atoms with Crippen LogP contribution in [0.5, 0.6) is 0 Å². The highest BCUT2D eigenvalue weighted by Gasteiger charge is 2.07. The van der Waals surface area contributed by atoms with E-state index in [1.807, 2.05) is 0 Å². The van der Waals surface area contributed by atoms with Gasteiger partial charge >= 0.3 is 5.69 Å². The van der Waals surface area contributed by atoms with Crippen molar-refractivity contribution in [2.45, 2.75) is 0 Å². The number of imidazole rings is 1. The number of fused-ring (bicyclic) bond motifs is 1. The van der Waals surface area contributed by atoms with Gasteiger partial charge in [0.15, 0.2) is 11.1 Å². The molecule has 0 aliphatic rings. The van der Waals surface area contributed by atoms with Crippen LogP contribution in [-0.4, -0.2) is 26.4 Å². The smallest absolute Gasteiger partial charge is 0.327 e. The van der Waals surface area contributed by atoms with Crippen LogP contribution in [0.4, 0.5) is 0 Å². The van der Waals surface area contributed by atoms with Crippen molar-refractivity contribution >= 4 is 11.2 Å². The average molecular weight is 195 g/mol. The third kappa shape index (κ3) is 0.951. The van der Waals surface area contributed by atoms with Gasteiger partial charge in [0.1, 0.15) is 19.0 Å². The van der Waals surface area contributed by atoms with Crippen LogP contribution in [0.2, 0.25) is 0 Å². The molecule has 0 aliphatic carbocycles. The summed E-state index contributed by atoms with van der Waals surface area (Å²) in [7, 11) is 3.01. The molecule has 2 heterocycles. The van der Waals surface area contributed by atoms with Crippen LogP contribution in [0.1, 0.15) is 0 Å². The van der Waals surface area contributed by atoms with Crippen molar-refractivity contribution in [3.05, 3.63) is 22.3 Å². The molecule has 0 atom stereocenters. The summed E-state index contributed by atoms with van der Waals surface area (Å²) in [5, 5.41) is 7.66. The van der Waals surface area contributed by atoms with Crippen molar-refractivity contribution in [3.8, 4) is 0 Å². The Labute approximate surface area is 78.0 Å². The second kappa shape index (κ2) is 2.72. The molecule has 0 aliphatic heterocycles. The fourth-order valence-corrected chi connectivity index (χ4v) is 1.24. The predicted molar refractivity (Wildman–Crippen MR) is 47.7 cm³/mol. The van der Waals surface area contributed by atoms with Crippen molar-refractivity contribution in [2.24, 2.45) is 7.05 Å². The largest absolute Gasteiger partial charge is 0.414 e. The van der Waals surface area contributed by atoms with Gasteiger partial charge in [-0.25, -0.2) is 9.78 Å². The van der Waals surface area contributed by atoms with Crippen LogP contribution in [0.25, 0.3) is 11.2 Å². The standard InChI is InChI=1S/C7H9N5O2/c1-11-6-4(10-7(11)13)5(8)12(14-2)3-9-6/h3,8H,1-2H3,(H,10,13). The van der Waals surface area contributed by atoms with Crippen molar-refractivity contribution in [3.63, 3.8) is 0 Å². The lowest BCUT2D eigenvalue weighted by atomic mass is 10.5. The van der Waals surface area contributed by atoms with Gasteiger partial charge in [-0.2, -0.15) is 4.73 Å². The van der Waals surface area contributed by atoms with Crippen LogP contribution in [0.3, 0.4) is 0 Å². The lowest BCUT2D eigenvalue weighted by Gasteiger charge is -2.02. The fourth-order valence-electron chi connectivity index (χ4n) is 1.24. The van der Waals surface area contributed by atoms with Crippen molar-refractivity contribution < 1.29 is 4.84 Å². The highest BCUT2D eigenvalue weighted by Crippen LogP contribution is 1.96. The Kier molecular flexibility index (Phi) is 1.66. The Balaban J connectivity index is 2.98. The van der Waals surface area contributed by atoms with E-state index in [9.17, 15) is 4.79 Å². The molecular formula is C7H9N5O2. The Morgan fingerprint density at radius 1 is 1.64 bits per heavy atom. The number of aromatic nitrogens is 4. The fraction of sp³-hybridized carbons (Fsp3) is 0.286. The van der Waals surface area contributed by atoms with E-state index in [-0.39, 0.29) is 11.2 Å². The summed E-state index contributed by atoms with van der Waals surface area (Å²) in [4.78, 5) is 22.6. The van der Waals surface area contributed by atoms with Crippen LogP contribution in [-0.2, 0) is 7.05 Å². The third-order valence-corrected chi connectivity index (χ3v) is 2.02. The van der Waals surface area contributed by atoms with Gasteiger partial charge in [-0.05, 0) is 0 Å². The number of hydrogen-bond donors (Lipinski definition) is 2. The number of H-pyrrole nitrogens is 1. The monoisotopic (exact) mass is 195 g/mol. The molecule has 0 fully saturated rings. The van der Waals surface area contributed by atoms with E-state index in [2.05, 4.69) is 9.97 Å². The van der Waals surface area contributed by atoms with Gasteiger partial charge in [0.05, 0.1) is 0 Å². The quantitative estimate of drug-likeness (QED) is 0.586. The zero-order valence-electron chi connectivity index (χ0n) is 7.74. The number of aryl methyl sites for hydroxylation is 1. The Morgan fingerprint density at radius 3 is 3.00 bits per heavy atom. The molecule has 0 saturated heterocycles. The summed E-state index contributed by atoms with van der Waals surface area (Å²) >= 11 is 0. The number of nitrogens with one attached hydrogen (secondary N) is 2. The van der Waals surface area contributed by atoms with Crippen LogP contribution in [0.15, 0.2) is 11.1 Å². The normalized spacial score (nSPS) is 10.7. The zero-order valence-corrected chi connectivity index (χ0v) is 7.74. The number of hydrogen-bond acceptors (Lipinski definition) is 4. The lowest BCUT2D eigenvalue weighted by Crippen LogP contribution is -2.25. The van der Waals surface area contributed by atoms with Gasteiger partial charge in [0, 0.05) is 7.05 Å². The van der Waals surface area contributed by atoms with Gasteiger partial charge in [-0.3, -0.25) is 9.98 Å². The molecule has 2 aromatic heterocycles. The SMILES string of the molecule is COn1cnc2c([nH]c(=O)n2C)c1=N. The molecule has 2 aromatic rings. The first kappa shape index (κ1) is 8.54. The summed E-state index contributed by atoms with van der Waals surface area (Å²) in [6.07, 6.45) is 1.35. The maximum absolute atomic E-state index is 11.2. The van der Waals surface area contributed by atoms with Gasteiger partial charge in [0.25, 0.3) is 0 Å². The van der Waals surface area contributed by atoms with Crippen molar-refractivity contribution in [1.82, 2.24) is 19.3 Å². The maximum atomic E-state index is 11.2. The van der Waals surface area contributed by atoms with Crippen LogP contribution in [0, 0.1) is 5.41 Å². The molecule has 0 spiro atoms. The molecule has 0 radical (unpaired) electrons. The van der Waals surface area contributed by atoms with Crippen LogP contribution < -0.4 is 16.0 Å². The van der Waals surface area contributed by atoms with Crippen LogP contribution >= 0.6 is 0 Å². The summed E-state index contributed by atoms with van der Waals surface area (Å²) in [5.74, 6) is 0. The Morgan fingerprint density at radius 2 is 2.36 bits per heavy atom. The second-order valence-corrected chi connectivity index (χ2v) is 2.79. The Bertz CT molecular complexity index is 590. The van der Waals surface area contributed by atoms with Gasteiger partial charge < -0.3 is 9.82 Å². The highest BCUT2D eigenvalue weighted by atomic mass is 16.6. The number of nitrogens with zero attached hydrogens (tertiary/aromatic N) is 3. The van der Waals surface area contributed by atoms with E-state index < -0.39 is 0 Å². The minimum absolute atomic E-state index is 0.0650. The molecule has 74 valence electrons. The molecule has 7 nitrogen and oxygen atoms in total. The predicted octanol–water partition coefficient (Wildman–Crippen LogP) is -1.40. The molecule has 2 N–H and O–H groups in total. The van der Waals surface area contributed by atoms with E-state index >= 15 is 0 Å². The zero-order chi connectivity index (χ0) is 10.3. The lowest BCUT2D eigenvalue weighted by molar-refractivity contribution is 0.151. The summed E-state index contributed by atoms with van der Waals surface area (Å²) < 4.78 is 2.51. The molecule has 0 aromatic carbocycles. The van der Waals surface area contributed by atoms with E-state index in [0.717, 1.165) is 4.73 Å². The van der Waals surface area contributed by atoms with Gasteiger partial charge in [-0.15, -0.1) is 0 Å². The molecule has 7 heteroatoms. The van der Waals surface area contributed by atoms with E-state index in [4.69, 9.17) is 10.2 Å². The summed E-state index contributed by atoms with van der Waals surface area (Å²) in [6, 6.07) is 0. The van der Waals surface area contributed by atoms with Crippen molar-refractivity contribution in [2.75, 3.05) is 7.11 Å². The van der Waals surface area contributed by atoms with E-state index in [1.54, 1.807) is 7.05 Å². The Hall–Kier alpha value is -2.05. The van der Waals surface area contributed by atoms with E-state index in [1.165, 1.54) is 18.0 Å². The second-order valence-electron chi connectivity index (χ2n) is 2.79. The first-order valence-corrected chi connectivity index (χ1v) is 3.90. The maximum Gasteiger partial charge on any atom is 0.327 e. The number of rotatable bonds is 1. The van der Waals surface area contributed by atoms with E-state index in [0.29, 0.717) is 11.2 Å². The first-order chi connectivity index (χ1) is 6.65. The molecule has 14 heavy (non-hydrogen) atoms. The average Bonchev–Trinajstić information content (AvgIpc) is 2.46. The third-order valence-electron chi connectivity index (χ3n) is 2.02. The van der Waals surface area contributed by atoms with Gasteiger partial charge in [-0.1, -0.05) is 0 Å². The topological polar surface area (TPSA) is 88.7 Å². The summed E-state index contributed by atoms with van der Waals surface area (Å²) in [6.45, 7) is 0. The summed E-state index contributed by atoms with van der Waals surface area (Å²) in [5.41, 5.74) is 0.570. The first-order valence-electron chi connectivity index (χ1n) is 3.90. The molecule has 2 rings (SSSR count). The molecular weight excluding hydrogens is 186 g/mol. The minimum atomic E-state index is -0.296.